The van der Waals surface area contributed by atoms with Crippen molar-refractivity contribution in [2.24, 2.45) is 5.16 Å². The number of nitrogens with zero attached hydrogens (tertiary/aromatic N) is 2. The van der Waals surface area contributed by atoms with E-state index in [1.54, 1.807) is 18.3 Å². The van der Waals surface area contributed by atoms with E-state index in [4.69, 9.17) is 10.3 Å². The van der Waals surface area contributed by atoms with Gasteiger partial charge in [-0.15, -0.1) is 0 Å². The number of carboxylic acids is 1. The lowest BCUT2D eigenvalue weighted by molar-refractivity contribution is -0.129. The Kier molecular flexibility index (Phi) is 2.97. The van der Waals surface area contributed by atoms with Crippen LogP contribution in [0.2, 0.25) is 0 Å². The van der Waals surface area contributed by atoms with Crippen molar-refractivity contribution in [3.05, 3.63) is 30.1 Å². The predicted molar refractivity (Wildman–Crippen MR) is 44.8 cm³/mol. The van der Waals surface area contributed by atoms with Crippen molar-refractivity contribution in [3.63, 3.8) is 0 Å². The van der Waals surface area contributed by atoms with Crippen molar-refractivity contribution in [2.75, 3.05) is 0 Å². The molecule has 68 valence electrons. The molecule has 0 aliphatic carbocycles. The Morgan fingerprint density at radius 1 is 1.62 bits per heavy atom. The summed E-state index contributed by atoms with van der Waals surface area (Å²) >= 11 is 0. The van der Waals surface area contributed by atoms with E-state index in [-0.39, 0.29) is 12.1 Å². The molecule has 5 heteroatoms. The third-order valence-corrected chi connectivity index (χ3v) is 1.46. The van der Waals surface area contributed by atoms with Gasteiger partial charge in [-0.1, -0.05) is 11.2 Å². The molecule has 1 aromatic heterocycles. The Bertz CT molecular complexity index is 321. The second kappa shape index (κ2) is 4.20. The first-order valence-electron chi connectivity index (χ1n) is 3.57. The number of carbonyl (C=O) groups is 1. The molecule has 0 bridgehead atoms. The SMILES string of the molecule is O=C(O)/C(Cc1cccnc1)=N\O. The number of rotatable bonds is 3. The molecule has 0 aliphatic heterocycles. The largest absolute Gasteiger partial charge is 0.477 e. The van der Waals surface area contributed by atoms with E-state index >= 15 is 0 Å². The fourth-order valence-corrected chi connectivity index (χ4v) is 0.850. The first-order valence-corrected chi connectivity index (χ1v) is 3.57. The van der Waals surface area contributed by atoms with Crippen molar-refractivity contribution < 1.29 is 15.1 Å². The molecule has 0 aromatic carbocycles. The summed E-state index contributed by atoms with van der Waals surface area (Å²) in [7, 11) is 0. The van der Waals surface area contributed by atoms with Gasteiger partial charge in [0.25, 0.3) is 0 Å². The minimum absolute atomic E-state index is 0.0691. The highest BCUT2D eigenvalue weighted by molar-refractivity contribution is 6.35. The van der Waals surface area contributed by atoms with Crippen LogP contribution in [0.3, 0.4) is 0 Å². The van der Waals surface area contributed by atoms with Gasteiger partial charge < -0.3 is 10.3 Å². The van der Waals surface area contributed by atoms with E-state index in [0.717, 1.165) is 0 Å². The fraction of sp³-hybridized carbons (Fsp3) is 0.125. The van der Waals surface area contributed by atoms with E-state index in [1.165, 1.54) is 6.20 Å². The molecule has 1 rings (SSSR count). The predicted octanol–water partition coefficient (Wildman–Crippen LogP) is 0.539. The Hall–Kier alpha value is -1.91. The molecule has 2 N–H and O–H groups in total. The van der Waals surface area contributed by atoms with Crippen molar-refractivity contribution in [1.82, 2.24) is 4.98 Å². The summed E-state index contributed by atoms with van der Waals surface area (Å²) in [5, 5.41) is 19.5. The number of carboxylic acid groups (broad SMARTS) is 1. The van der Waals surface area contributed by atoms with Gasteiger partial charge in [0.1, 0.15) is 0 Å². The molecule has 0 spiro atoms. The second-order valence-electron chi connectivity index (χ2n) is 2.39. The maximum atomic E-state index is 10.4. The van der Waals surface area contributed by atoms with Crippen molar-refractivity contribution >= 4 is 11.7 Å². The lowest BCUT2D eigenvalue weighted by Crippen LogP contribution is -2.15. The Balaban J connectivity index is 2.74. The van der Waals surface area contributed by atoms with E-state index in [1.807, 2.05) is 0 Å². The maximum Gasteiger partial charge on any atom is 0.354 e. The van der Waals surface area contributed by atoms with Crippen LogP contribution in [-0.2, 0) is 11.2 Å². The summed E-state index contributed by atoms with van der Waals surface area (Å²) in [6.07, 6.45) is 3.17. The standard InChI is InChI=1S/C8H8N2O3/c11-8(12)7(10-13)4-6-2-1-3-9-5-6/h1-3,5,13H,4H2,(H,11,12)/b10-7-. The average Bonchev–Trinajstić information content (AvgIpc) is 2.15. The van der Waals surface area contributed by atoms with Crippen LogP contribution in [0, 0.1) is 0 Å². The molecule has 0 saturated carbocycles. The summed E-state index contributed by atoms with van der Waals surface area (Å²) in [6, 6.07) is 3.40. The Morgan fingerprint density at radius 2 is 2.38 bits per heavy atom. The van der Waals surface area contributed by atoms with Gasteiger partial charge in [0.05, 0.1) is 0 Å². The van der Waals surface area contributed by atoms with Crippen LogP contribution >= 0.6 is 0 Å². The zero-order valence-electron chi connectivity index (χ0n) is 6.71. The molecule has 0 unspecified atom stereocenters. The maximum absolute atomic E-state index is 10.4. The Labute approximate surface area is 74.3 Å². The first kappa shape index (κ1) is 9.18. The first-order chi connectivity index (χ1) is 6.24. The molecule has 5 nitrogen and oxygen atoms in total. The van der Waals surface area contributed by atoms with Crippen molar-refractivity contribution in [2.45, 2.75) is 6.42 Å². The fourth-order valence-electron chi connectivity index (χ4n) is 0.850. The van der Waals surface area contributed by atoms with Crippen LogP contribution in [0.1, 0.15) is 5.56 Å². The normalized spacial score (nSPS) is 11.2. The highest BCUT2D eigenvalue weighted by atomic mass is 16.4. The van der Waals surface area contributed by atoms with Gasteiger partial charge in [-0.3, -0.25) is 4.98 Å². The van der Waals surface area contributed by atoms with Crippen LogP contribution in [0.4, 0.5) is 0 Å². The number of pyridine rings is 1. The number of hydrogen-bond donors (Lipinski definition) is 2. The molecule has 0 amide bonds. The van der Waals surface area contributed by atoms with Gasteiger partial charge in [0, 0.05) is 18.8 Å². The van der Waals surface area contributed by atoms with E-state index in [9.17, 15) is 4.79 Å². The van der Waals surface area contributed by atoms with Crippen LogP contribution < -0.4 is 0 Å². The van der Waals surface area contributed by atoms with Gasteiger partial charge in [-0.2, -0.15) is 0 Å². The third-order valence-electron chi connectivity index (χ3n) is 1.46. The van der Waals surface area contributed by atoms with Gasteiger partial charge in [-0.25, -0.2) is 4.79 Å². The third kappa shape index (κ3) is 2.55. The van der Waals surface area contributed by atoms with Gasteiger partial charge in [0.15, 0.2) is 5.71 Å². The quantitative estimate of drug-likeness (QED) is 0.404. The summed E-state index contributed by atoms with van der Waals surface area (Å²) in [5.41, 5.74) is 0.394. The molecule has 0 saturated heterocycles. The van der Waals surface area contributed by atoms with Gasteiger partial charge in [-0.05, 0) is 11.6 Å². The Morgan fingerprint density at radius 3 is 2.85 bits per heavy atom. The van der Waals surface area contributed by atoms with E-state index in [0.29, 0.717) is 5.56 Å². The topological polar surface area (TPSA) is 82.8 Å². The van der Waals surface area contributed by atoms with Crippen LogP contribution in [0.15, 0.2) is 29.7 Å². The van der Waals surface area contributed by atoms with Gasteiger partial charge >= 0.3 is 5.97 Å². The number of aliphatic carboxylic acids is 1. The monoisotopic (exact) mass is 180 g/mol. The van der Waals surface area contributed by atoms with Crippen molar-refractivity contribution in [3.8, 4) is 0 Å². The molecular weight excluding hydrogens is 172 g/mol. The summed E-state index contributed by atoms with van der Waals surface area (Å²) in [6.45, 7) is 0. The molecule has 0 fully saturated rings. The molecule has 13 heavy (non-hydrogen) atoms. The highest BCUT2D eigenvalue weighted by Crippen LogP contribution is 1.98. The molecule has 0 atom stereocenters. The smallest absolute Gasteiger partial charge is 0.354 e. The van der Waals surface area contributed by atoms with E-state index < -0.39 is 5.97 Å². The number of aromatic nitrogens is 1. The summed E-state index contributed by atoms with van der Waals surface area (Å²) < 4.78 is 0. The van der Waals surface area contributed by atoms with Gasteiger partial charge in [0.2, 0.25) is 0 Å². The molecule has 1 heterocycles. The minimum atomic E-state index is -1.23. The zero-order valence-corrected chi connectivity index (χ0v) is 6.71. The van der Waals surface area contributed by atoms with Crippen LogP contribution in [0.25, 0.3) is 0 Å². The molecule has 0 aliphatic rings. The molecule has 0 radical (unpaired) electrons. The van der Waals surface area contributed by atoms with Crippen molar-refractivity contribution in [1.29, 1.82) is 0 Å². The van der Waals surface area contributed by atoms with Crippen LogP contribution in [-0.4, -0.2) is 27.0 Å². The average molecular weight is 180 g/mol. The molecule has 1 aromatic rings. The van der Waals surface area contributed by atoms with Crippen LogP contribution in [0.5, 0.6) is 0 Å². The van der Waals surface area contributed by atoms with E-state index in [2.05, 4.69) is 10.1 Å². The summed E-state index contributed by atoms with van der Waals surface area (Å²) in [4.78, 5) is 14.2. The highest BCUT2D eigenvalue weighted by Gasteiger charge is 2.10. The zero-order chi connectivity index (χ0) is 9.68. The lowest BCUT2D eigenvalue weighted by Gasteiger charge is -1.97. The summed E-state index contributed by atoms with van der Waals surface area (Å²) in [5.74, 6) is -1.23. The minimum Gasteiger partial charge on any atom is -0.477 e. The number of oxime groups is 1. The number of hydrogen-bond acceptors (Lipinski definition) is 4. The second-order valence-corrected chi connectivity index (χ2v) is 2.39. The molecular formula is C8H8N2O3. The lowest BCUT2D eigenvalue weighted by atomic mass is 10.1.